The second kappa shape index (κ2) is 8.34. The zero-order valence-corrected chi connectivity index (χ0v) is 15.3. The maximum atomic E-state index is 12.1. The minimum Gasteiger partial charge on any atom is -0.466 e. The molecule has 0 aliphatic carbocycles. The van der Waals surface area contributed by atoms with Gasteiger partial charge in [0, 0.05) is 13.3 Å². The SMILES string of the molecule is CC(=O)OCC[C@@H]1O[C@H]1[C@H](Cc1ccccc1)NC(=O)OC(C)(C)C. The Labute approximate surface area is 148 Å². The van der Waals surface area contributed by atoms with E-state index in [9.17, 15) is 9.59 Å². The Morgan fingerprint density at radius 1 is 1.24 bits per heavy atom. The summed E-state index contributed by atoms with van der Waals surface area (Å²) in [6, 6.07) is 9.71. The maximum absolute atomic E-state index is 12.1. The van der Waals surface area contributed by atoms with Crippen molar-refractivity contribution in [3.63, 3.8) is 0 Å². The molecule has 1 aliphatic heterocycles. The maximum Gasteiger partial charge on any atom is 0.407 e. The molecule has 3 atom stereocenters. The molecule has 1 heterocycles. The van der Waals surface area contributed by atoms with E-state index >= 15 is 0 Å². The number of rotatable bonds is 7. The lowest BCUT2D eigenvalue weighted by atomic mass is 10.0. The number of epoxide rings is 1. The van der Waals surface area contributed by atoms with Gasteiger partial charge < -0.3 is 19.5 Å². The monoisotopic (exact) mass is 349 g/mol. The van der Waals surface area contributed by atoms with Crippen LogP contribution in [0.2, 0.25) is 0 Å². The standard InChI is InChI=1S/C19H27NO5/c1-13(21)23-11-10-16-17(24-16)15(12-14-8-6-5-7-9-14)20-18(22)25-19(2,3)4/h5-9,15-17H,10-12H2,1-4H3,(H,20,22)/t15-,16-,17-/m0/s1. The first kappa shape index (κ1) is 19.2. The molecule has 138 valence electrons. The van der Waals surface area contributed by atoms with Crippen molar-refractivity contribution in [2.75, 3.05) is 6.61 Å². The molecule has 6 heteroatoms. The molecule has 25 heavy (non-hydrogen) atoms. The van der Waals surface area contributed by atoms with Gasteiger partial charge in [0.2, 0.25) is 0 Å². The first-order chi connectivity index (χ1) is 11.7. The average molecular weight is 349 g/mol. The molecule has 0 saturated carbocycles. The zero-order valence-electron chi connectivity index (χ0n) is 15.3. The van der Waals surface area contributed by atoms with Gasteiger partial charge in [0.25, 0.3) is 0 Å². The first-order valence-corrected chi connectivity index (χ1v) is 8.57. The number of benzene rings is 1. The summed E-state index contributed by atoms with van der Waals surface area (Å²) in [7, 11) is 0. The zero-order chi connectivity index (χ0) is 18.4. The number of nitrogens with one attached hydrogen (secondary N) is 1. The first-order valence-electron chi connectivity index (χ1n) is 8.57. The number of carbonyl (C=O) groups is 2. The second-order valence-electron chi connectivity index (χ2n) is 7.21. The van der Waals surface area contributed by atoms with Gasteiger partial charge in [-0.2, -0.15) is 0 Å². The molecule has 1 N–H and O–H groups in total. The molecule has 0 unspecified atom stereocenters. The molecule has 1 fully saturated rings. The van der Waals surface area contributed by atoms with E-state index in [1.165, 1.54) is 6.92 Å². The molecule has 0 aromatic heterocycles. The summed E-state index contributed by atoms with van der Waals surface area (Å²) in [5.41, 5.74) is 0.554. The Morgan fingerprint density at radius 2 is 1.92 bits per heavy atom. The lowest BCUT2D eigenvalue weighted by Gasteiger charge is -2.23. The topological polar surface area (TPSA) is 77.2 Å². The summed E-state index contributed by atoms with van der Waals surface area (Å²) >= 11 is 0. The number of hydrogen-bond acceptors (Lipinski definition) is 5. The largest absolute Gasteiger partial charge is 0.466 e. The van der Waals surface area contributed by atoms with Gasteiger partial charge >= 0.3 is 12.1 Å². The van der Waals surface area contributed by atoms with Crippen LogP contribution in [0.15, 0.2) is 30.3 Å². The van der Waals surface area contributed by atoms with Gasteiger partial charge in [-0.05, 0) is 32.8 Å². The molecule has 0 bridgehead atoms. The van der Waals surface area contributed by atoms with Crippen LogP contribution in [0.4, 0.5) is 4.79 Å². The molecule has 0 spiro atoms. The van der Waals surface area contributed by atoms with Gasteiger partial charge in [0.05, 0.1) is 18.8 Å². The quantitative estimate of drug-likeness (QED) is 0.605. The third-order valence-corrected chi connectivity index (χ3v) is 3.73. The molecule has 1 aromatic carbocycles. The van der Waals surface area contributed by atoms with Crippen LogP contribution in [0.3, 0.4) is 0 Å². The molecule has 2 rings (SSSR count). The fourth-order valence-corrected chi connectivity index (χ4v) is 2.64. The molecular formula is C19H27NO5. The van der Waals surface area contributed by atoms with Crippen LogP contribution in [-0.4, -0.2) is 42.5 Å². The van der Waals surface area contributed by atoms with Gasteiger partial charge in [-0.15, -0.1) is 0 Å². The van der Waals surface area contributed by atoms with Gasteiger partial charge in [0.1, 0.15) is 11.7 Å². The summed E-state index contributed by atoms with van der Waals surface area (Å²) in [4.78, 5) is 23.0. The van der Waals surface area contributed by atoms with Crippen molar-refractivity contribution in [2.24, 2.45) is 0 Å². The van der Waals surface area contributed by atoms with Crippen LogP contribution in [0.5, 0.6) is 0 Å². The highest BCUT2D eigenvalue weighted by atomic mass is 16.6. The number of hydrogen-bond donors (Lipinski definition) is 1. The Balaban J connectivity index is 1.93. The summed E-state index contributed by atoms with van der Waals surface area (Å²) < 4.78 is 16.0. The van der Waals surface area contributed by atoms with E-state index in [1.54, 1.807) is 0 Å². The van der Waals surface area contributed by atoms with Crippen LogP contribution < -0.4 is 5.32 Å². The Kier molecular flexibility index (Phi) is 6.42. The van der Waals surface area contributed by atoms with E-state index in [4.69, 9.17) is 14.2 Å². The third-order valence-electron chi connectivity index (χ3n) is 3.73. The lowest BCUT2D eigenvalue weighted by molar-refractivity contribution is -0.141. The summed E-state index contributed by atoms with van der Waals surface area (Å²) in [5, 5.41) is 2.92. The molecule has 1 aliphatic rings. The third kappa shape index (κ3) is 7.13. The number of carbonyl (C=O) groups excluding carboxylic acids is 2. The highest BCUT2D eigenvalue weighted by molar-refractivity contribution is 5.68. The number of alkyl carbamates (subject to hydrolysis) is 1. The van der Waals surface area contributed by atoms with E-state index in [0.29, 0.717) is 19.4 Å². The smallest absolute Gasteiger partial charge is 0.407 e. The van der Waals surface area contributed by atoms with Crippen molar-refractivity contribution < 1.29 is 23.8 Å². The normalized spacial score (nSPS) is 20.5. The Morgan fingerprint density at radius 3 is 2.52 bits per heavy atom. The highest BCUT2D eigenvalue weighted by Crippen LogP contribution is 2.30. The van der Waals surface area contributed by atoms with Crippen molar-refractivity contribution in [3.05, 3.63) is 35.9 Å². The molecule has 6 nitrogen and oxygen atoms in total. The summed E-state index contributed by atoms with van der Waals surface area (Å²) in [6.45, 7) is 7.19. The minimum absolute atomic E-state index is 0.0250. The van der Waals surface area contributed by atoms with Gasteiger partial charge in [-0.3, -0.25) is 4.79 Å². The average Bonchev–Trinajstić information content (AvgIpc) is 3.25. The highest BCUT2D eigenvalue weighted by Gasteiger charge is 2.45. The summed E-state index contributed by atoms with van der Waals surface area (Å²) in [5.74, 6) is -0.301. The van der Waals surface area contributed by atoms with E-state index in [0.717, 1.165) is 5.56 Å². The molecule has 1 amide bonds. The predicted octanol–water partition coefficient (Wildman–Crippen LogP) is 2.84. The predicted molar refractivity (Wildman–Crippen MR) is 93.2 cm³/mol. The van der Waals surface area contributed by atoms with Crippen LogP contribution in [0.25, 0.3) is 0 Å². The van der Waals surface area contributed by atoms with Crippen LogP contribution in [0.1, 0.15) is 39.7 Å². The van der Waals surface area contributed by atoms with Crippen LogP contribution in [0, 0.1) is 0 Å². The summed E-state index contributed by atoms with van der Waals surface area (Å²) in [6.07, 6.45) is 0.675. The lowest BCUT2D eigenvalue weighted by Crippen LogP contribution is -2.43. The minimum atomic E-state index is -0.555. The van der Waals surface area contributed by atoms with Crippen molar-refractivity contribution in [1.82, 2.24) is 5.32 Å². The number of ether oxygens (including phenoxy) is 3. The van der Waals surface area contributed by atoms with Crippen molar-refractivity contribution in [3.8, 4) is 0 Å². The van der Waals surface area contributed by atoms with Crippen molar-refractivity contribution in [1.29, 1.82) is 0 Å². The number of esters is 1. The van der Waals surface area contributed by atoms with Gasteiger partial charge in [0.15, 0.2) is 0 Å². The van der Waals surface area contributed by atoms with Gasteiger partial charge in [-0.1, -0.05) is 30.3 Å². The fourth-order valence-electron chi connectivity index (χ4n) is 2.64. The van der Waals surface area contributed by atoms with E-state index in [2.05, 4.69) is 5.32 Å². The van der Waals surface area contributed by atoms with E-state index in [-0.39, 0.29) is 24.2 Å². The molecule has 0 radical (unpaired) electrons. The van der Waals surface area contributed by atoms with Crippen LogP contribution in [-0.2, 0) is 25.4 Å². The molecular weight excluding hydrogens is 322 g/mol. The fraction of sp³-hybridized carbons (Fsp3) is 0.579. The van der Waals surface area contributed by atoms with Crippen molar-refractivity contribution >= 4 is 12.1 Å². The second-order valence-corrected chi connectivity index (χ2v) is 7.21. The Bertz CT molecular complexity index is 581. The molecule has 1 saturated heterocycles. The number of amides is 1. The van der Waals surface area contributed by atoms with Crippen LogP contribution >= 0.6 is 0 Å². The van der Waals surface area contributed by atoms with E-state index in [1.807, 2.05) is 51.1 Å². The molecule has 1 aromatic rings. The van der Waals surface area contributed by atoms with Crippen molar-refractivity contribution in [2.45, 2.75) is 64.4 Å². The Hall–Kier alpha value is -2.08. The van der Waals surface area contributed by atoms with E-state index < -0.39 is 11.7 Å². The van der Waals surface area contributed by atoms with Gasteiger partial charge in [-0.25, -0.2) is 4.79 Å².